The molecule has 0 saturated heterocycles. The van der Waals surface area contributed by atoms with Gasteiger partial charge in [0, 0.05) is 5.69 Å². The summed E-state index contributed by atoms with van der Waals surface area (Å²) in [7, 11) is 0. The second-order valence-corrected chi connectivity index (χ2v) is 8.14. The topological polar surface area (TPSA) is 69.0 Å². The fourth-order valence-corrected chi connectivity index (χ4v) is 3.07. The van der Waals surface area contributed by atoms with E-state index in [0.717, 1.165) is 11.2 Å². The molecular formula is C24H24N4O2. The molecule has 1 amide bonds. The van der Waals surface area contributed by atoms with Gasteiger partial charge in [-0.25, -0.2) is 0 Å². The maximum atomic E-state index is 12.3. The average Bonchev–Trinajstić information content (AvgIpc) is 3.16. The number of hydrogen-bond acceptors (Lipinski definition) is 4. The van der Waals surface area contributed by atoms with Crippen molar-refractivity contribution in [2.45, 2.75) is 26.2 Å². The van der Waals surface area contributed by atoms with Crippen molar-refractivity contribution in [1.82, 2.24) is 15.0 Å². The molecular weight excluding hydrogens is 376 g/mol. The summed E-state index contributed by atoms with van der Waals surface area (Å²) in [6, 6.07) is 23.0. The van der Waals surface area contributed by atoms with Gasteiger partial charge in [0.15, 0.2) is 6.61 Å². The van der Waals surface area contributed by atoms with Crippen LogP contribution in [0, 0.1) is 0 Å². The predicted octanol–water partition coefficient (Wildman–Crippen LogP) is 4.74. The normalized spacial score (nSPS) is 11.4. The van der Waals surface area contributed by atoms with Gasteiger partial charge in [-0.15, -0.1) is 10.2 Å². The van der Waals surface area contributed by atoms with Gasteiger partial charge in [0.05, 0.1) is 5.69 Å². The van der Waals surface area contributed by atoms with E-state index in [-0.39, 0.29) is 17.9 Å². The summed E-state index contributed by atoms with van der Waals surface area (Å²) in [4.78, 5) is 13.9. The SMILES string of the molecule is CC(C)(C)c1ccc(OCC(=O)Nc2ccc3nn(-c4ccccc4)nc3c2)cc1. The minimum atomic E-state index is -0.232. The van der Waals surface area contributed by atoms with Crippen LogP contribution in [0.2, 0.25) is 0 Å². The Bertz CT molecular complexity index is 1160. The minimum Gasteiger partial charge on any atom is -0.484 e. The number of nitrogens with zero attached hydrogens (tertiary/aromatic N) is 3. The first-order chi connectivity index (χ1) is 14.4. The van der Waals surface area contributed by atoms with E-state index >= 15 is 0 Å². The van der Waals surface area contributed by atoms with Gasteiger partial charge in [0.2, 0.25) is 0 Å². The van der Waals surface area contributed by atoms with Crippen molar-refractivity contribution in [2.24, 2.45) is 0 Å². The van der Waals surface area contributed by atoms with Crippen LogP contribution in [-0.2, 0) is 10.2 Å². The minimum absolute atomic E-state index is 0.0659. The van der Waals surface area contributed by atoms with E-state index in [1.165, 1.54) is 5.56 Å². The van der Waals surface area contributed by atoms with E-state index in [0.29, 0.717) is 17.0 Å². The number of aromatic nitrogens is 3. The van der Waals surface area contributed by atoms with Gasteiger partial charge >= 0.3 is 0 Å². The molecule has 0 spiro atoms. The van der Waals surface area contributed by atoms with Crippen LogP contribution >= 0.6 is 0 Å². The number of carbonyl (C=O) groups is 1. The lowest BCUT2D eigenvalue weighted by atomic mass is 9.87. The highest BCUT2D eigenvalue weighted by Gasteiger charge is 2.13. The van der Waals surface area contributed by atoms with Crippen LogP contribution in [-0.4, -0.2) is 27.5 Å². The monoisotopic (exact) mass is 400 g/mol. The first-order valence-electron chi connectivity index (χ1n) is 9.84. The number of hydrogen-bond donors (Lipinski definition) is 1. The lowest BCUT2D eigenvalue weighted by molar-refractivity contribution is -0.118. The summed E-state index contributed by atoms with van der Waals surface area (Å²) >= 11 is 0. The van der Waals surface area contributed by atoms with E-state index < -0.39 is 0 Å². The fraction of sp³-hybridized carbons (Fsp3) is 0.208. The molecule has 152 valence electrons. The Kier molecular flexibility index (Phi) is 5.23. The molecule has 30 heavy (non-hydrogen) atoms. The molecule has 4 rings (SSSR count). The van der Waals surface area contributed by atoms with Crippen LogP contribution < -0.4 is 10.1 Å². The molecule has 3 aromatic carbocycles. The molecule has 0 bridgehead atoms. The zero-order chi connectivity index (χ0) is 21.1. The van der Waals surface area contributed by atoms with Crippen LogP contribution in [0.3, 0.4) is 0 Å². The van der Waals surface area contributed by atoms with E-state index in [4.69, 9.17) is 4.74 Å². The average molecular weight is 400 g/mol. The van der Waals surface area contributed by atoms with Gasteiger partial charge < -0.3 is 10.1 Å². The fourth-order valence-electron chi connectivity index (χ4n) is 3.07. The van der Waals surface area contributed by atoms with Crippen LogP contribution in [0.25, 0.3) is 16.7 Å². The Morgan fingerprint density at radius 3 is 2.33 bits per heavy atom. The third-order valence-corrected chi connectivity index (χ3v) is 4.74. The predicted molar refractivity (Wildman–Crippen MR) is 118 cm³/mol. The first kappa shape index (κ1) is 19.6. The van der Waals surface area contributed by atoms with Crippen LogP contribution in [0.1, 0.15) is 26.3 Å². The van der Waals surface area contributed by atoms with Crippen LogP contribution in [0.5, 0.6) is 5.75 Å². The standard InChI is InChI=1S/C24H24N4O2/c1-24(2,3)17-9-12-20(13-10-17)30-16-23(29)25-18-11-14-21-22(15-18)27-28(26-21)19-7-5-4-6-8-19/h4-15H,16H2,1-3H3,(H,25,29). The number of fused-ring (bicyclic) bond motifs is 1. The number of nitrogens with one attached hydrogen (secondary N) is 1. The maximum Gasteiger partial charge on any atom is 0.262 e. The third-order valence-electron chi connectivity index (χ3n) is 4.74. The smallest absolute Gasteiger partial charge is 0.262 e. The Morgan fingerprint density at radius 1 is 0.933 bits per heavy atom. The third kappa shape index (κ3) is 4.49. The van der Waals surface area contributed by atoms with E-state index in [1.54, 1.807) is 10.9 Å². The highest BCUT2D eigenvalue weighted by molar-refractivity contribution is 5.93. The zero-order valence-electron chi connectivity index (χ0n) is 17.3. The Morgan fingerprint density at radius 2 is 1.63 bits per heavy atom. The lowest BCUT2D eigenvalue weighted by Crippen LogP contribution is -2.20. The molecule has 6 heteroatoms. The number of carbonyl (C=O) groups excluding carboxylic acids is 1. The van der Waals surface area contributed by atoms with Gasteiger partial charge in [-0.3, -0.25) is 4.79 Å². The highest BCUT2D eigenvalue weighted by atomic mass is 16.5. The van der Waals surface area contributed by atoms with Gasteiger partial charge in [-0.2, -0.15) is 4.80 Å². The molecule has 0 saturated carbocycles. The van der Waals surface area contributed by atoms with Crippen molar-refractivity contribution < 1.29 is 9.53 Å². The lowest BCUT2D eigenvalue weighted by Gasteiger charge is -2.19. The molecule has 0 aliphatic carbocycles. The second kappa shape index (κ2) is 7.99. The molecule has 0 aliphatic rings. The zero-order valence-corrected chi connectivity index (χ0v) is 17.3. The van der Waals surface area contributed by atoms with Crippen LogP contribution in [0.4, 0.5) is 5.69 Å². The van der Waals surface area contributed by atoms with Gasteiger partial charge in [0.25, 0.3) is 5.91 Å². The summed E-state index contributed by atoms with van der Waals surface area (Å²) in [5.74, 6) is 0.434. The molecule has 1 heterocycles. The number of benzene rings is 3. The molecule has 0 fully saturated rings. The van der Waals surface area contributed by atoms with E-state index in [1.807, 2.05) is 66.7 Å². The molecule has 4 aromatic rings. The first-order valence-corrected chi connectivity index (χ1v) is 9.84. The summed E-state index contributed by atoms with van der Waals surface area (Å²) in [6.45, 7) is 6.41. The molecule has 1 N–H and O–H groups in total. The van der Waals surface area contributed by atoms with E-state index in [2.05, 4.69) is 36.3 Å². The highest BCUT2D eigenvalue weighted by Crippen LogP contribution is 2.24. The van der Waals surface area contributed by atoms with Gasteiger partial charge in [-0.1, -0.05) is 51.1 Å². The summed E-state index contributed by atoms with van der Waals surface area (Å²) in [5, 5.41) is 11.8. The number of amides is 1. The second-order valence-electron chi connectivity index (χ2n) is 8.14. The van der Waals surface area contributed by atoms with Crippen molar-refractivity contribution in [3.63, 3.8) is 0 Å². The quantitative estimate of drug-likeness (QED) is 0.526. The van der Waals surface area contributed by atoms with E-state index in [9.17, 15) is 4.79 Å². The number of rotatable bonds is 5. The summed E-state index contributed by atoms with van der Waals surface area (Å²) in [5.41, 5.74) is 4.29. The van der Waals surface area contributed by atoms with Crippen LogP contribution in [0.15, 0.2) is 72.8 Å². The van der Waals surface area contributed by atoms with Crippen molar-refractivity contribution in [1.29, 1.82) is 0 Å². The summed E-state index contributed by atoms with van der Waals surface area (Å²) in [6.07, 6.45) is 0. The Hall–Kier alpha value is -3.67. The van der Waals surface area contributed by atoms with Crippen molar-refractivity contribution in [3.05, 3.63) is 78.4 Å². The van der Waals surface area contributed by atoms with Crippen molar-refractivity contribution in [3.8, 4) is 11.4 Å². The maximum absolute atomic E-state index is 12.3. The number of para-hydroxylation sites is 1. The molecule has 0 radical (unpaired) electrons. The molecule has 0 atom stereocenters. The molecule has 0 unspecified atom stereocenters. The summed E-state index contributed by atoms with van der Waals surface area (Å²) < 4.78 is 5.61. The number of anilines is 1. The molecule has 1 aromatic heterocycles. The molecule has 0 aliphatic heterocycles. The molecule has 6 nitrogen and oxygen atoms in total. The van der Waals surface area contributed by atoms with Crippen molar-refractivity contribution >= 4 is 22.6 Å². The van der Waals surface area contributed by atoms with Crippen molar-refractivity contribution in [2.75, 3.05) is 11.9 Å². The Balaban J connectivity index is 1.39. The van der Waals surface area contributed by atoms with Gasteiger partial charge in [-0.05, 0) is 53.4 Å². The van der Waals surface area contributed by atoms with Gasteiger partial charge in [0.1, 0.15) is 16.8 Å². The number of ether oxygens (including phenoxy) is 1. The largest absolute Gasteiger partial charge is 0.484 e. The Labute approximate surface area is 175 Å².